The summed E-state index contributed by atoms with van der Waals surface area (Å²) in [6, 6.07) is 25.3. The van der Waals surface area contributed by atoms with Crippen LogP contribution in [-0.2, 0) is 52.4 Å². The molecule has 0 aliphatic heterocycles. The third kappa shape index (κ3) is 36.1. The number of hydrogen-bond donors (Lipinski definition) is 10. The zero-order valence-electron chi connectivity index (χ0n) is 44.1. The van der Waals surface area contributed by atoms with Crippen LogP contribution in [0.1, 0.15) is 211 Å². The quantitative estimate of drug-likeness (QED) is 0.0189. The summed E-state index contributed by atoms with van der Waals surface area (Å²) in [6.45, 7) is 5.01. The van der Waals surface area contributed by atoms with Crippen molar-refractivity contribution >= 4 is 13.8 Å². The van der Waals surface area contributed by atoms with E-state index in [0.717, 1.165) is 36.8 Å². The van der Waals surface area contributed by atoms with Crippen molar-refractivity contribution in [2.45, 2.75) is 233 Å². The Balaban J connectivity index is -0.00000101. The number of aryl methyl sites for hydroxylation is 6. The number of aliphatic carboxylic acids is 1. The number of phosphoric acid groups is 1. The Kier molecular flexibility index (Phi) is 44.7. The summed E-state index contributed by atoms with van der Waals surface area (Å²) in [4.78, 5) is 28.6. The van der Waals surface area contributed by atoms with Crippen LogP contribution in [0.3, 0.4) is 0 Å². The van der Waals surface area contributed by atoms with Gasteiger partial charge in [-0.25, -0.2) is 4.57 Å². The van der Waals surface area contributed by atoms with E-state index < -0.39 is 43.6 Å². The summed E-state index contributed by atoms with van der Waals surface area (Å²) >= 11 is 0. The van der Waals surface area contributed by atoms with E-state index in [4.69, 9.17) is 37.2 Å². The molecule has 0 spiro atoms. The summed E-state index contributed by atoms with van der Waals surface area (Å²) in [5.41, 5.74) is 21.4. The van der Waals surface area contributed by atoms with E-state index in [1.165, 1.54) is 138 Å². The molecular formula is C60H110N3O10P. The fourth-order valence-electron chi connectivity index (χ4n) is 7.97. The zero-order chi connectivity index (χ0) is 52.9. The highest BCUT2D eigenvalue weighted by atomic mass is 31.2. The highest BCUT2D eigenvalue weighted by Crippen LogP contribution is 2.37. The maximum atomic E-state index is 11.1. The Labute approximate surface area is 450 Å². The molecule has 2 unspecified atom stereocenters. The molecule has 3 rings (SSSR count). The van der Waals surface area contributed by atoms with E-state index in [0.29, 0.717) is 25.7 Å². The van der Waals surface area contributed by atoms with E-state index in [-0.39, 0.29) is 48.5 Å². The van der Waals surface area contributed by atoms with Gasteiger partial charge in [-0.15, -0.1) is 0 Å². The van der Waals surface area contributed by atoms with E-state index in [1.54, 1.807) is 0 Å². The Morgan fingerprint density at radius 1 is 0.432 bits per heavy atom. The number of phosphoric ester groups is 1. The van der Waals surface area contributed by atoms with Gasteiger partial charge in [0.25, 0.3) is 0 Å². The summed E-state index contributed by atoms with van der Waals surface area (Å²) in [7, 11) is -4.59. The molecule has 2 atom stereocenters. The smallest absolute Gasteiger partial charge is 0.469 e. The second kappa shape index (κ2) is 44.0. The summed E-state index contributed by atoms with van der Waals surface area (Å²) in [5.74, 6) is -1.15. The van der Waals surface area contributed by atoms with Gasteiger partial charge >= 0.3 is 13.8 Å². The van der Waals surface area contributed by atoms with Gasteiger partial charge in [0.15, 0.2) is 0 Å². The standard InChI is InChI=1S/C19H34NO5P.C19H31NO3.C19H33NO2.3CH4/c1-2-3-4-5-6-7-8-17-9-11-18(12-10-17)13-14-19(20,15-21)16-25-26(22,23)24;1-2-3-4-5-6-7-8-16-9-11-17(12-10-16)13-14-19(20,15-21)18(22)23;1-2-3-4-5-6-7-8-17-9-11-18(12-10-17)13-14-19(20,15-21)16-22;;;/h9-12,21H,2-8,13-16,20H2,1H3,(H2,22,23,24);9-12,21H,2-8,13-15,20H2,1H3,(H,22,23);9-12,21-22H,2-8,13-16,20H2,1H3;3*1H4. The largest absolute Gasteiger partial charge is 0.480 e. The number of carbonyl (C=O) groups is 1. The minimum atomic E-state index is -4.59. The molecule has 14 heteroatoms. The Bertz CT molecular complexity index is 1810. The SMILES string of the molecule is C.C.C.CCCCCCCCc1ccc(CCC(N)(CO)C(=O)O)cc1.CCCCCCCCc1ccc(CCC(N)(CO)CO)cc1.CCCCCCCCc1ccc(CCC(N)(CO)COP(=O)(O)O)cc1. The fraction of sp³-hybridized carbons (Fsp3) is 0.683. The van der Waals surface area contributed by atoms with Crippen molar-refractivity contribution in [3.05, 3.63) is 106 Å². The molecule has 0 saturated heterocycles. The molecule has 74 heavy (non-hydrogen) atoms. The molecule has 0 heterocycles. The molecule has 0 bridgehead atoms. The molecule has 0 fully saturated rings. The highest BCUT2D eigenvalue weighted by Gasteiger charge is 2.33. The van der Waals surface area contributed by atoms with Crippen LogP contribution in [0.25, 0.3) is 0 Å². The third-order valence-electron chi connectivity index (χ3n) is 13.4. The number of hydrogen-bond acceptors (Lipinski definition) is 10. The molecule has 0 aromatic heterocycles. The molecule has 0 aliphatic rings. The number of unbranched alkanes of at least 4 members (excludes halogenated alkanes) is 15. The van der Waals surface area contributed by atoms with Gasteiger partial charge in [-0.1, -0.05) is 212 Å². The first-order chi connectivity index (χ1) is 33.9. The van der Waals surface area contributed by atoms with Gasteiger partial charge in [-0.3, -0.25) is 9.32 Å². The van der Waals surface area contributed by atoms with Crippen molar-refractivity contribution in [1.82, 2.24) is 0 Å². The normalized spacial score (nSPS) is 12.8. The fourth-order valence-corrected chi connectivity index (χ4v) is 8.40. The first kappa shape index (κ1) is 75.2. The highest BCUT2D eigenvalue weighted by molar-refractivity contribution is 7.46. The molecule has 0 radical (unpaired) electrons. The predicted molar refractivity (Wildman–Crippen MR) is 310 cm³/mol. The zero-order valence-corrected chi connectivity index (χ0v) is 45.0. The van der Waals surface area contributed by atoms with Gasteiger partial charge in [-0.05, 0) is 110 Å². The maximum absolute atomic E-state index is 11.1. The van der Waals surface area contributed by atoms with E-state index >= 15 is 0 Å². The van der Waals surface area contributed by atoms with Crippen molar-refractivity contribution in [3.8, 4) is 0 Å². The summed E-state index contributed by atoms with van der Waals surface area (Å²) in [5, 5.41) is 46.0. The molecule has 13 nitrogen and oxygen atoms in total. The van der Waals surface area contributed by atoms with Crippen LogP contribution in [0.2, 0.25) is 0 Å². The van der Waals surface area contributed by atoms with Crippen molar-refractivity contribution in [2.75, 3.05) is 33.0 Å². The third-order valence-corrected chi connectivity index (χ3v) is 13.8. The Morgan fingerprint density at radius 2 is 0.689 bits per heavy atom. The van der Waals surface area contributed by atoms with E-state index in [2.05, 4.69) is 73.8 Å². The molecule has 13 N–H and O–H groups in total. The predicted octanol–water partition coefficient (Wildman–Crippen LogP) is 11.7. The Hall–Kier alpha value is -3.04. The lowest BCUT2D eigenvalue weighted by Gasteiger charge is -2.27. The molecule has 3 aromatic rings. The van der Waals surface area contributed by atoms with Gasteiger partial charge in [-0.2, -0.15) is 0 Å². The number of rotatable bonds is 38. The number of carboxylic acids is 1. The minimum absolute atomic E-state index is 0. The lowest BCUT2D eigenvalue weighted by molar-refractivity contribution is -0.145. The van der Waals surface area contributed by atoms with Crippen LogP contribution >= 0.6 is 7.82 Å². The van der Waals surface area contributed by atoms with Crippen LogP contribution in [0.4, 0.5) is 0 Å². The number of aliphatic hydroxyl groups excluding tert-OH is 4. The van der Waals surface area contributed by atoms with Crippen LogP contribution in [0.5, 0.6) is 0 Å². The van der Waals surface area contributed by atoms with Gasteiger partial charge in [0.05, 0.1) is 44.1 Å². The van der Waals surface area contributed by atoms with Crippen molar-refractivity contribution in [3.63, 3.8) is 0 Å². The van der Waals surface area contributed by atoms with E-state index in [9.17, 15) is 24.7 Å². The average molecular weight is 1060 g/mol. The number of aliphatic hydroxyl groups is 4. The lowest BCUT2D eigenvalue weighted by atomic mass is 9.92. The second-order valence-corrected chi connectivity index (χ2v) is 21.3. The second-order valence-electron chi connectivity index (χ2n) is 20.1. The van der Waals surface area contributed by atoms with Crippen LogP contribution in [0, 0.1) is 0 Å². The van der Waals surface area contributed by atoms with Gasteiger partial charge in [0, 0.05) is 0 Å². The number of benzene rings is 3. The molecule has 0 saturated carbocycles. The van der Waals surface area contributed by atoms with Gasteiger partial charge in [0.2, 0.25) is 0 Å². The van der Waals surface area contributed by atoms with Gasteiger partial charge < -0.3 is 52.5 Å². The average Bonchev–Trinajstić information content (AvgIpc) is 3.38. The maximum Gasteiger partial charge on any atom is 0.469 e. The van der Waals surface area contributed by atoms with Gasteiger partial charge in [0.1, 0.15) is 5.54 Å². The number of nitrogens with two attached hydrogens (primary N) is 3. The topological polar surface area (TPSA) is 263 Å². The van der Waals surface area contributed by atoms with Crippen LogP contribution in [0.15, 0.2) is 72.8 Å². The van der Waals surface area contributed by atoms with E-state index in [1.807, 2.05) is 24.3 Å². The summed E-state index contributed by atoms with van der Waals surface area (Å²) < 4.78 is 15.3. The minimum Gasteiger partial charge on any atom is -0.480 e. The Morgan fingerprint density at radius 3 is 0.946 bits per heavy atom. The van der Waals surface area contributed by atoms with Crippen LogP contribution < -0.4 is 17.2 Å². The number of carboxylic acid groups (broad SMARTS) is 1. The molecule has 430 valence electrons. The molecule has 3 aromatic carbocycles. The summed E-state index contributed by atoms with van der Waals surface area (Å²) in [6.07, 6.45) is 30.0. The molecular weight excluding hydrogens is 954 g/mol. The monoisotopic (exact) mass is 1060 g/mol. The molecule has 0 aliphatic carbocycles. The lowest BCUT2D eigenvalue weighted by Crippen LogP contribution is -2.51. The van der Waals surface area contributed by atoms with Crippen molar-refractivity contribution < 1.29 is 49.2 Å². The first-order valence-electron chi connectivity index (χ1n) is 26.9. The van der Waals surface area contributed by atoms with Crippen molar-refractivity contribution in [1.29, 1.82) is 0 Å². The molecule has 0 amide bonds. The van der Waals surface area contributed by atoms with Crippen molar-refractivity contribution in [2.24, 2.45) is 17.2 Å². The van der Waals surface area contributed by atoms with Crippen LogP contribution in [-0.4, -0.2) is 90.9 Å². The first-order valence-corrected chi connectivity index (χ1v) is 28.4.